The summed E-state index contributed by atoms with van der Waals surface area (Å²) in [5, 5.41) is 10.2. The second-order valence-electron chi connectivity index (χ2n) is 12.0. The number of phosphoric ester groups is 1. The Bertz CT molecular complexity index is 866. The lowest BCUT2D eigenvalue weighted by Crippen LogP contribution is -2.29. The third-order valence-corrected chi connectivity index (χ3v) is 8.00. The molecule has 0 aromatic rings. The fourth-order valence-corrected chi connectivity index (χ4v) is 5.15. The van der Waals surface area contributed by atoms with Gasteiger partial charge in [-0.2, -0.15) is 0 Å². The zero-order chi connectivity index (χ0) is 34.1. The average Bonchev–Trinajstić information content (AvgIpc) is 3.01. The molecule has 0 aliphatic rings. The molecule has 46 heavy (non-hydrogen) atoms. The van der Waals surface area contributed by atoms with E-state index in [1.807, 2.05) is 12.2 Å². The summed E-state index contributed by atoms with van der Waals surface area (Å²) >= 11 is 0. The maximum absolute atomic E-state index is 12.3. The Morgan fingerprint density at radius 3 is 1.85 bits per heavy atom. The van der Waals surface area contributed by atoms with Crippen LogP contribution in [0, 0.1) is 0 Å². The fourth-order valence-electron chi connectivity index (χ4n) is 4.79. The smallest absolute Gasteiger partial charge is 0.462 e. The number of aliphatic hydroxyl groups excluding tert-OH is 1. The molecular formula is C36H65O9P. The number of aliphatic hydroxyl groups is 1. The van der Waals surface area contributed by atoms with E-state index in [9.17, 15) is 19.3 Å². The summed E-state index contributed by atoms with van der Waals surface area (Å²) in [5.74, 6) is -1.08. The normalized spacial score (nSPS) is 13.6. The molecule has 0 aromatic carbocycles. The lowest BCUT2D eigenvalue weighted by Gasteiger charge is -2.18. The third-order valence-electron chi connectivity index (χ3n) is 7.52. The Balaban J connectivity index is 4.21. The number of phosphoric acid groups is 1. The van der Waals surface area contributed by atoms with Gasteiger partial charge in [0.05, 0.1) is 12.7 Å². The maximum atomic E-state index is 12.3. The van der Waals surface area contributed by atoms with E-state index in [4.69, 9.17) is 19.3 Å². The van der Waals surface area contributed by atoms with Crippen molar-refractivity contribution in [2.24, 2.45) is 0 Å². The monoisotopic (exact) mass is 672 g/mol. The van der Waals surface area contributed by atoms with E-state index < -0.39 is 38.6 Å². The van der Waals surface area contributed by atoms with Gasteiger partial charge in [-0.05, 0) is 38.5 Å². The number of rotatable bonds is 32. The molecule has 0 rings (SSSR count). The van der Waals surface area contributed by atoms with Crippen LogP contribution in [0.4, 0.5) is 0 Å². The zero-order valence-electron chi connectivity index (χ0n) is 28.8. The molecule has 0 fully saturated rings. The van der Waals surface area contributed by atoms with Crippen LogP contribution in [0.15, 0.2) is 36.5 Å². The van der Waals surface area contributed by atoms with Crippen molar-refractivity contribution in [3.8, 4) is 0 Å². The predicted molar refractivity (Wildman–Crippen MR) is 185 cm³/mol. The maximum Gasteiger partial charge on any atom is 0.469 e. The van der Waals surface area contributed by atoms with Crippen LogP contribution in [-0.4, -0.2) is 52.3 Å². The minimum Gasteiger partial charge on any atom is -0.462 e. The minimum atomic E-state index is -4.80. The van der Waals surface area contributed by atoms with Gasteiger partial charge in [-0.15, -0.1) is 0 Å². The molecular weight excluding hydrogens is 607 g/mol. The third kappa shape index (κ3) is 33.6. The van der Waals surface area contributed by atoms with Crippen LogP contribution in [0.1, 0.15) is 155 Å². The highest BCUT2D eigenvalue weighted by atomic mass is 31.2. The number of hydrogen-bond donors (Lipinski definition) is 3. The molecule has 268 valence electrons. The Hall–Kier alpha value is -1.77. The van der Waals surface area contributed by atoms with Crippen LogP contribution >= 0.6 is 7.82 Å². The molecule has 0 spiro atoms. The molecule has 0 heterocycles. The SMILES string of the molecule is CCCCCCCC/C=C/C/C=C/C=C/C(O)CCCC(=O)O[C@H](COC(=O)CCCCCCCCCCCC)COP(=O)(O)O. The summed E-state index contributed by atoms with van der Waals surface area (Å²) in [5.41, 5.74) is 0. The van der Waals surface area contributed by atoms with E-state index >= 15 is 0 Å². The van der Waals surface area contributed by atoms with Crippen molar-refractivity contribution in [1.82, 2.24) is 0 Å². The van der Waals surface area contributed by atoms with Crippen LogP contribution in [0.3, 0.4) is 0 Å². The first-order valence-corrected chi connectivity index (χ1v) is 19.4. The summed E-state index contributed by atoms with van der Waals surface area (Å²) in [6.07, 6.45) is 31.9. The van der Waals surface area contributed by atoms with Crippen molar-refractivity contribution in [3.05, 3.63) is 36.5 Å². The number of unbranched alkanes of at least 4 members (excludes halogenated alkanes) is 15. The molecule has 9 nitrogen and oxygen atoms in total. The summed E-state index contributed by atoms with van der Waals surface area (Å²) < 4.78 is 26.1. The molecule has 0 radical (unpaired) electrons. The largest absolute Gasteiger partial charge is 0.469 e. The highest BCUT2D eigenvalue weighted by Gasteiger charge is 2.23. The lowest BCUT2D eigenvalue weighted by molar-refractivity contribution is -0.161. The van der Waals surface area contributed by atoms with Crippen LogP contribution < -0.4 is 0 Å². The molecule has 2 atom stereocenters. The molecule has 0 bridgehead atoms. The number of allylic oxidation sites excluding steroid dienone is 5. The summed E-state index contributed by atoms with van der Waals surface area (Å²) in [7, 11) is -4.80. The summed E-state index contributed by atoms with van der Waals surface area (Å²) in [6.45, 7) is 3.48. The van der Waals surface area contributed by atoms with E-state index in [1.54, 1.807) is 12.2 Å². The number of ether oxygens (including phenoxy) is 2. The van der Waals surface area contributed by atoms with Crippen molar-refractivity contribution in [3.63, 3.8) is 0 Å². The van der Waals surface area contributed by atoms with Gasteiger partial charge in [0.2, 0.25) is 0 Å². The van der Waals surface area contributed by atoms with Gasteiger partial charge >= 0.3 is 19.8 Å². The predicted octanol–water partition coefficient (Wildman–Crippen LogP) is 9.20. The van der Waals surface area contributed by atoms with Gasteiger partial charge in [0, 0.05) is 12.8 Å². The molecule has 1 unspecified atom stereocenters. The fraction of sp³-hybridized carbons (Fsp3) is 0.778. The van der Waals surface area contributed by atoms with Crippen molar-refractivity contribution in [1.29, 1.82) is 0 Å². The van der Waals surface area contributed by atoms with E-state index in [0.29, 0.717) is 19.3 Å². The Labute approximate surface area is 279 Å². The standard InChI is InChI=1S/C36H65O9P/c1-3-5-7-9-11-13-15-16-17-18-20-22-24-27-33(37)28-26-30-36(39)45-34(32-44-46(40,41)42)31-43-35(38)29-25-23-21-19-14-12-10-8-6-4-2/h16-17,20,22,24,27,33-34,37H,3-15,18-19,21,23,25-26,28-32H2,1-2H3,(H2,40,41,42)/b17-16+,22-20+,27-24+/t33?,34-/m1/s1. The van der Waals surface area contributed by atoms with Gasteiger partial charge in [-0.1, -0.05) is 140 Å². The summed E-state index contributed by atoms with van der Waals surface area (Å²) in [4.78, 5) is 42.5. The lowest BCUT2D eigenvalue weighted by atomic mass is 10.1. The van der Waals surface area contributed by atoms with Crippen LogP contribution in [-0.2, 0) is 28.2 Å². The molecule has 0 aromatic heterocycles. The van der Waals surface area contributed by atoms with Gasteiger partial charge < -0.3 is 24.4 Å². The molecule has 0 saturated heterocycles. The van der Waals surface area contributed by atoms with Crippen LogP contribution in [0.2, 0.25) is 0 Å². The van der Waals surface area contributed by atoms with Crippen molar-refractivity contribution in [2.75, 3.05) is 13.2 Å². The van der Waals surface area contributed by atoms with Gasteiger partial charge in [0.25, 0.3) is 0 Å². The Kier molecular flexibility index (Phi) is 30.6. The van der Waals surface area contributed by atoms with Gasteiger partial charge in [0.15, 0.2) is 6.10 Å². The second-order valence-corrected chi connectivity index (χ2v) is 13.3. The zero-order valence-corrected chi connectivity index (χ0v) is 29.7. The van der Waals surface area contributed by atoms with Crippen molar-refractivity contribution < 1.29 is 43.0 Å². The van der Waals surface area contributed by atoms with Gasteiger partial charge in [0.1, 0.15) is 6.61 Å². The molecule has 0 saturated carbocycles. The van der Waals surface area contributed by atoms with Crippen molar-refractivity contribution in [2.45, 2.75) is 167 Å². The first kappa shape index (κ1) is 44.2. The van der Waals surface area contributed by atoms with Crippen LogP contribution in [0.25, 0.3) is 0 Å². The summed E-state index contributed by atoms with van der Waals surface area (Å²) in [6, 6.07) is 0. The molecule has 0 amide bonds. The Morgan fingerprint density at radius 2 is 1.24 bits per heavy atom. The van der Waals surface area contributed by atoms with Crippen molar-refractivity contribution >= 4 is 19.8 Å². The number of esters is 2. The van der Waals surface area contributed by atoms with E-state index in [2.05, 4.69) is 30.5 Å². The number of hydrogen-bond acceptors (Lipinski definition) is 7. The van der Waals surface area contributed by atoms with Gasteiger partial charge in [-0.25, -0.2) is 4.57 Å². The molecule has 0 aliphatic carbocycles. The highest BCUT2D eigenvalue weighted by molar-refractivity contribution is 7.46. The quantitative estimate of drug-likeness (QED) is 0.0210. The van der Waals surface area contributed by atoms with E-state index in [1.165, 1.54) is 77.0 Å². The minimum absolute atomic E-state index is 0.0108. The Morgan fingerprint density at radius 1 is 0.674 bits per heavy atom. The molecule has 3 N–H and O–H groups in total. The molecule has 0 aliphatic heterocycles. The van der Waals surface area contributed by atoms with Crippen LogP contribution in [0.5, 0.6) is 0 Å². The van der Waals surface area contributed by atoms with E-state index in [-0.39, 0.29) is 19.4 Å². The first-order chi connectivity index (χ1) is 22.2. The average molecular weight is 673 g/mol. The highest BCUT2D eigenvalue weighted by Crippen LogP contribution is 2.36. The number of carbonyl (C=O) groups excluding carboxylic acids is 2. The van der Waals surface area contributed by atoms with Gasteiger partial charge in [-0.3, -0.25) is 14.1 Å². The second kappa shape index (κ2) is 31.8. The number of carbonyl (C=O) groups is 2. The first-order valence-electron chi connectivity index (χ1n) is 17.9. The topological polar surface area (TPSA) is 140 Å². The molecule has 10 heteroatoms. The van der Waals surface area contributed by atoms with E-state index in [0.717, 1.165) is 32.1 Å².